The van der Waals surface area contributed by atoms with E-state index in [-0.39, 0.29) is 0 Å². The first-order chi connectivity index (χ1) is 10.2. The Morgan fingerprint density at radius 3 is 2.19 bits per heavy atom. The van der Waals surface area contributed by atoms with E-state index in [1.54, 1.807) is 0 Å². The molecule has 0 radical (unpaired) electrons. The van der Waals surface area contributed by atoms with E-state index < -0.39 is 0 Å². The molecule has 0 amide bonds. The molecule has 0 N–H and O–H groups in total. The molecule has 1 heterocycles. The van der Waals surface area contributed by atoms with Crippen LogP contribution in [0.2, 0.25) is 0 Å². The summed E-state index contributed by atoms with van der Waals surface area (Å²) in [5.74, 6) is 1.79. The van der Waals surface area contributed by atoms with Gasteiger partial charge in [-0.2, -0.15) is 0 Å². The first kappa shape index (κ1) is 14.2. The summed E-state index contributed by atoms with van der Waals surface area (Å²) in [4.78, 5) is 2.55. The van der Waals surface area contributed by atoms with Crippen LogP contribution in [-0.4, -0.2) is 17.5 Å². The Morgan fingerprint density at radius 2 is 1.62 bits per heavy atom. The molecule has 1 fully saturated rings. The highest BCUT2D eigenvalue weighted by molar-refractivity contribution is 5.34. The van der Waals surface area contributed by atoms with Crippen molar-refractivity contribution < 1.29 is 4.74 Å². The summed E-state index contributed by atoms with van der Waals surface area (Å²) >= 11 is 0. The zero-order valence-corrected chi connectivity index (χ0v) is 12.9. The van der Waals surface area contributed by atoms with Gasteiger partial charge < -0.3 is 4.74 Å². The molecule has 2 aromatic carbocycles. The van der Waals surface area contributed by atoms with E-state index in [9.17, 15) is 0 Å². The molecule has 0 aliphatic carbocycles. The molecule has 2 heteroatoms. The second kappa shape index (κ2) is 6.31. The Bertz CT molecular complexity index is 574. The third-order valence-corrected chi connectivity index (χ3v) is 4.26. The number of hydrogen-bond donors (Lipinski definition) is 0. The molecule has 3 rings (SSSR count). The van der Waals surface area contributed by atoms with Crippen LogP contribution in [0.1, 0.15) is 30.9 Å². The Kier molecular flexibility index (Phi) is 4.26. The van der Waals surface area contributed by atoms with Gasteiger partial charge in [0, 0.05) is 12.6 Å². The highest BCUT2D eigenvalue weighted by Crippen LogP contribution is 2.24. The molecule has 1 aliphatic rings. The third kappa shape index (κ3) is 3.64. The van der Waals surface area contributed by atoms with Crippen molar-refractivity contribution in [1.29, 1.82) is 0 Å². The minimum atomic E-state index is 0.716. The third-order valence-electron chi connectivity index (χ3n) is 4.26. The second-order valence-corrected chi connectivity index (χ2v) is 6.02. The number of nitrogens with zero attached hydrogens (tertiary/aromatic N) is 1. The van der Waals surface area contributed by atoms with E-state index in [4.69, 9.17) is 4.74 Å². The fourth-order valence-electron chi connectivity index (χ4n) is 2.87. The second-order valence-electron chi connectivity index (χ2n) is 6.02. The fourth-order valence-corrected chi connectivity index (χ4v) is 2.87. The van der Waals surface area contributed by atoms with Gasteiger partial charge in [0.05, 0.1) is 0 Å². The smallest absolute Gasteiger partial charge is 0.127 e. The molecule has 1 unspecified atom stereocenters. The topological polar surface area (TPSA) is 12.5 Å². The zero-order chi connectivity index (χ0) is 14.7. The maximum Gasteiger partial charge on any atom is 0.127 e. The van der Waals surface area contributed by atoms with Crippen LogP contribution in [0.3, 0.4) is 0 Å². The van der Waals surface area contributed by atoms with E-state index in [0.717, 1.165) is 18.0 Å². The average molecular weight is 281 g/mol. The summed E-state index contributed by atoms with van der Waals surface area (Å²) in [5.41, 5.74) is 2.61. The van der Waals surface area contributed by atoms with Gasteiger partial charge in [-0.1, -0.05) is 29.8 Å². The van der Waals surface area contributed by atoms with Crippen molar-refractivity contribution in [2.45, 2.75) is 39.3 Å². The number of hydrogen-bond acceptors (Lipinski definition) is 2. The van der Waals surface area contributed by atoms with Crippen LogP contribution in [0, 0.1) is 6.92 Å². The lowest BCUT2D eigenvalue weighted by atomic mass is 10.2. The summed E-state index contributed by atoms with van der Waals surface area (Å²) in [6, 6.07) is 17.4. The maximum atomic E-state index is 5.87. The molecule has 110 valence electrons. The monoisotopic (exact) mass is 281 g/mol. The predicted octanol–water partition coefficient (Wildman–Crippen LogP) is 4.77. The Hall–Kier alpha value is -1.80. The van der Waals surface area contributed by atoms with Crippen LogP contribution in [0.5, 0.6) is 11.5 Å². The van der Waals surface area contributed by atoms with Gasteiger partial charge in [-0.3, -0.25) is 4.90 Å². The standard InChI is InChI=1S/C19H23NO/c1-15-5-9-18(10-6-15)21-19-11-7-17(8-12-19)14-20-13-3-4-16(20)2/h5-12,16H,3-4,13-14H2,1-2H3. The first-order valence-corrected chi connectivity index (χ1v) is 7.78. The summed E-state index contributed by atoms with van der Waals surface area (Å²) in [6.45, 7) is 6.68. The lowest BCUT2D eigenvalue weighted by molar-refractivity contribution is 0.260. The molecular weight excluding hydrogens is 258 g/mol. The highest BCUT2D eigenvalue weighted by Gasteiger charge is 2.19. The quantitative estimate of drug-likeness (QED) is 0.800. The normalized spacial score (nSPS) is 18.9. The van der Waals surface area contributed by atoms with Gasteiger partial charge in [0.2, 0.25) is 0 Å². The highest BCUT2D eigenvalue weighted by atomic mass is 16.5. The van der Waals surface area contributed by atoms with Crippen LogP contribution in [0.25, 0.3) is 0 Å². The van der Waals surface area contributed by atoms with Gasteiger partial charge >= 0.3 is 0 Å². The lowest BCUT2D eigenvalue weighted by Gasteiger charge is -2.20. The number of benzene rings is 2. The van der Waals surface area contributed by atoms with Crippen LogP contribution in [0.15, 0.2) is 48.5 Å². The minimum absolute atomic E-state index is 0.716. The van der Waals surface area contributed by atoms with Crippen molar-refractivity contribution in [3.05, 3.63) is 59.7 Å². The van der Waals surface area contributed by atoms with Crippen LogP contribution in [-0.2, 0) is 6.54 Å². The Labute approximate surface area is 127 Å². The molecule has 2 aromatic rings. The van der Waals surface area contributed by atoms with Crippen LogP contribution < -0.4 is 4.74 Å². The van der Waals surface area contributed by atoms with Gasteiger partial charge in [0.15, 0.2) is 0 Å². The number of ether oxygens (including phenoxy) is 1. The van der Waals surface area contributed by atoms with E-state index in [2.05, 4.69) is 55.1 Å². The van der Waals surface area contributed by atoms with Crippen LogP contribution in [0.4, 0.5) is 0 Å². The fraction of sp³-hybridized carbons (Fsp3) is 0.368. The summed E-state index contributed by atoms with van der Waals surface area (Å²) in [6.07, 6.45) is 2.66. The van der Waals surface area contributed by atoms with Crippen molar-refractivity contribution in [3.63, 3.8) is 0 Å². The van der Waals surface area contributed by atoms with E-state index in [1.165, 1.54) is 30.5 Å². The van der Waals surface area contributed by atoms with Crippen molar-refractivity contribution in [2.24, 2.45) is 0 Å². The van der Waals surface area contributed by atoms with Crippen molar-refractivity contribution >= 4 is 0 Å². The molecule has 0 spiro atoms. The summed E-state index contributed by atoms with van der Waals surface area (Å²) in [7, 11) is 0. The number of rotatable bonds is 4. The molecule has 2 nitrogen and oxygen atoms in total. The maximum absolute atomic E-state index is 5.87. The van der Waals surface area contributed by atoms with E-state index in [0.29, 0.717) is 6.04 Å². The Balaban J connectivity index is 1.62. The summed E-state index contributed by atoms with van der Waals surface area (Å²) < 4.78 is 5.87. The van der Waals surface area contributed by atoms with Crippen LogP contribution >= 0.6 is 0 Å². The SMILES string of the molecule is Cc1ccc(Oc2ccc(CN3CCCC3C)cc2)cc1. The van der Waals surface area contributed by atoms with Gasteiger partial charge in [0.1, 0.15) is 11.5 Å². The van der Waals surface area contributed by atoms with Crippen molar-refractivity contribution in [1.82, 2.24) is 4.90 Å². The molecular formula is C19H23NO. The number of aryl methyl sites for hydroxylation is 1. The molecule has 0 saturated carbocycles. The largest absolute Gasteiger partial charge is 0.457 e. The van der Waals surface area contributed by atoms with E-state index in [1.807, 2.05) is 12.1 Å². The molecule has 1 saturated heterocycles. The van der Waals surface area contributed by atoms with Crippen molar-refractivity contribution in [3.8, 4) is 11.5 Å². The zero-order valence-electron chi connectivity index (χ0n) is 12.9. The van der Waals surface area contributed by atoms with Gasteiger partial charge in [0.25, 0.3) is 0 Å². The van der Waals surface area contributed by atoms with Gasteiger partial charge in [-0.05, 0) is 63.1 Å². The molecule has 0 bridgehead atoms. The lowest BCUT2D eigenvalue weighted by Crippen LogP contribution is -2.26. The molecule has 1 aliphatic heterocycles. The molecule has 1 atom stereocenters. The molecule has 21 heavy (non-hydrogen) atoms. The Morgan fingerprint density at radius 1 is 1.00 bits per heavy atom. The van der Waals surface area contributed by atoms with E-state index >= 15 is 0 Å². The average Bonchev–Trinajstić information content (AvgIpc) is 2.89. The number of likely N-dealkylation sites (tertiary alicyclic amines) is 1. The minimum Gasteiger partial charge on any atom is -0.457 e. The van der Waals surface area contributed by atoms with Crippen molar-refractivity contribution in [2.75, 3.05) is 6.54 Å². The first-order valence-electron chi connectivity index (χ1n) is 7.78. The summed E-state index contributed by atoms with van der Waals surface area (Å²) in [5, 5.41) is 0. The van der Waals surface area contributed by atoms with Gasteiger partial charge in [-0.15, -0.1) is 0 Å². The molecule has 0 aromatic heterocycles. The van der Waals surface area contributed by atoms with Gasteiger partial charge in [-0.25, -0.2) is 0 Å². The predicted molar refractivity (Wildman–Crippen MR) is 86.8 cm³/mol.